The quantitative estimate of drug-likeness (QED) is 0.750. The Labute approximate surface area is 129 Å². The van der Waals surface area contributed by atoms with Crippen molar-refractivity contribution in [2.45, 2.75) is 0 Å². The standard InChI is InChI=1S/C15H13BrN4O/c1-20-15(17)13(9-5-2-3-6-10(9)16)14(19-20)11-7-4-8-12(21)18-11/h2-8H,17H2,1H3,(H,18,21). The molecule has 3 N–H and O–H groups in total. The molecule has 0 aliphatic heterocycles. The van der Waals surface area contributed by atoms with Crippen LogP contribution in [0.25, 0.3) is 22.5 Å². The molecule has 3 rings (SSSR count). The van der Waals surface area contributed by atoms with Gasteiger partial charge in [-0.05, 0) is 12.1 Å². The Balaban J connectivity index is 2.31. The maximum Gasteiger partial charge on any atom is 0.248 e. The highest BCUT2D eigenvalue weighted by molar-refractivity contribution is 9.10. The number of aromatic amines is 1. The molecule has 106 valence electrons. The summed E-state index contributed by atoms with van der Waals surface area (Å²) in [5.41, 5.74) is 9.02. The maximum atomic E-state index is 11.5. The predicted molar refractivity (Wildman–Crippen MR) is 86.8 cm³/mol. The number of H-pyrrole nitrogens is 1. The molecule has 0 amide bonds. The highest BCUT2D eigenvalue weighted by Crippen LogP contribution is 2.38. The van der Waals surface area contributed by atoms with Gasteiger partial charge >= 0.3 is 0 Å². The van der Waals surface area contributed by atoms with Gasteiger partial charge in [0.25, 0.3) is 0 Å². The molecule has 0 unspecified atom stereocenters. The molecule has 0 saturated carbocycles. The van der Waals surface area contributed by atoms with Crippen LogP contribution in [0, 0.1) is 0 Å². The van der Waals surface area contributed by atoms with Crippen LogP contribution in [0.4, 0.5) is 5.82 Å². The average molecular weight is 345 g/mol. The summed E-state index contributed by atoms with van der Waals surface area (Å²) in [5.74, 6) is 0.543. The fraction of sp³-hybridized carbons (Fsp3) is 0.0667. The van der Waals surface area contributed by atoms with E-state index in [1.165, 1.54) is 6.07 Å². The lowest BCUT2D eigenvalue weighted by molar-refractivity contribution is 0.781. The summed E-state index contributed by atoms with van der Waals surface area (Å²) in [6.45, 7) is 0. The number of nitrogens with one attached hydrogen (secondary N) is 1. The number of halogens is 1. The number of nitrogens with two attached hydrogens (primary N) is 1. The first-order valence-electron chi connectivity index (χ1n) is 6.35. The van der Waals surface area contributed by atoms with Crippen LogP contribution in [0.15, 0.2) is 51.7 Å². The first kappa shape index (κ1) is 13.6. The van der Waals surface area contributed by atoms with Gasteiger partial charge in [-0.2, -0.15) is 5.10 Å². The molecule has 0 atom stereocenters. The Morgan fingerprint density at radius 2 is 1.95 bits per heavy atom. The number of hydrogen-bond acceptors (Lipinski definition) is 3. The lowest BCUT2D eigenvalue weighted by Gasteiger charge is -2.06. The number of hydrogen-bond donors (Lipinski definition) is 2. The van der Waals surface area contributed by atoms with Gasteiger partial charge in [-0.3, -0.25) is 9.48 Å². The molecule has 0 radical (unpaired) electrons. The van der Waals surface area contributed by atoms with E-state index in [0.717, 1.165) is 15.6 Å². The number of aromatic nitrogens is 3. The number of nitrogen functional groups attached to an aromatic ring is 1. The fourth-order valence-electron chi connectivity index (χ4n) is 2.24. The van der Waals surface area contributed by atoms with E-state index in [1.54, 1.807) is 17.8 Å². The zero-order valence-corrected chi connectivity index (χ0v) is 12.9. The summed E-state index contributed by atoms with van der Waals surface area (Å²) in [7, 11) is 1.78. The van der Waals surface area contributed by atoms with Crippen molar-refractivity contribution < 1.29 is 0 Å². The van der Waals surface area contributed by atoms with Crippen molar-refractivity contribution >= 4 is 21.7 Å². The van der Waals surface area contributed by atoms with Crippen LogP contribution in [-0.2, 0) is 7.05 Å². The third-order valence-corrected chi connectivity index (χ3v) is 3.95. The van der Waals surface area contributed by atoms with Gasteiger partial charge in [0.05, 0.1) is 11.3 Å². The van der Waals surface area contributed by atoms with E-state index in [4.69, 9.17) is 5.73 Å². The van der Waals surface area contributed by atoms with Crippen LogP contribution in [0.3, 0.4) is 0 Å². The zero-order chi connectivity index (χ0) is 15.0. The largest absolute Gasteiger partial charge is 0.383 e. The van der Waals surface area contributed by atoms with Gasteiger partial charge in [0.15, 0.2) is 0 Å². The summed E-state index contributed by atoms with van der Waals surface area (Å²) in [6.07, 6.45) is 0. The van der Waals surface area contributed by atoms with E-state index in [-0.39, 0.29) is 5.56 Å². The van der Waals surface area contributed by atoms with Crippen molar-refractivity contribution in [1.82, 2.24) is 14.8 Å². The number of nitrogens with zero attached hydrogens (tertiary/aromatic N) is 2. The van der Waals surface area contributed by atoms with Crippen molar-refractivity contribution in [3.63, 3.8) is 0 Å². The number of anilines is 1. The lowest BCUT2D eigenvalue weighted by atomic mass is 10.0. The molecule has 0 bridgehead atoms. The topological polar surface area (TPSA) is 76.7 Å². The molecule has 0 aliphatic rings. The van der Waals surface area contributed by atoms with E-state index in [0.29, 0.717) is 17.2 Å². The molecule has 2 aromatic heterocycles. The molecule has 0 fully saturated rings. The van der Waals surface area contributed by atoms with E-state index >= 15 is 0 Å². The zero-order valence-electron chi connectivity index (χ0n) is 11.3. The van der Waals surface area contributed by atoms with Gasteiger partial charge in [0.1, 0.15) is 11.5 Å². The maximum absolute atomic E-state index is 11.5. The highest BCUT2D eigenvalue weighted by atomic mass is 79.9. The highest BCUT2D eigenvalue weighted by Gasteiger charge is 2.19. The minimum absolute atomic E-state index is 0.171. The normalized spacial score (nSPS) is 10.8. The SMILES string of the molecule is Cn1nc(-c2cccc(=O)[nH]2)c(-c2ccccc2Br)c1N. The molecule has 5 nitrogen and oxygen atoms in total. The minimum atomic E-state index is -0.171. The molecule has 1 aromatic carbocycles. The number of benzene rings is 1. The van der Waals surface area contributed by atoms with Crippen LogP contribution in [-0.4, -0.2) is 14.8 Å². The second-order valence-corrected chi connectivity index (χ2v) is 5.50. The van der Waals surface area contributed by atoms with Crippen LogP contribution in [0.1, 0.15) is 0 Å². The second-order valence-electron chi connectivity index (χ2n) is 4.64. The molecule has 2 heterocycles. The van der Waals surface area contributed by atoms with E-state index in [2.05, 4.69) is 26.0 Å². The predicted octanol–water partition coefficient (Wildman–Crippen LogP) is 2.79. The van der Waals surface area contributed by atoms with Gasteiger partial charge in [0, 0.05) is 23.2 Å². The van der Waals surface area contributed by atoms with Crippen LogP contribution >= 0.6 is 15.9 Å². The van der Waals surface area contributed by atoms with Crippen molar-refractivity contribution in [3.05, 3.63) is 57.3 Å². The lowest BCUT2D eigenvalue weighted by Crippen LogP contribution is -2.04. The molecule has 0 aliphatic carbocycles. The first-order valence-corrected chi connectivity index (χ1v) is 7.14. The molecule has 6 heteroatoms. The summed E-state index contributed by atoms with van der Waals surface area (Å²) in [5, 5.41) is 4.44. The van der Waals surface area contributed by atoms with E-state index in [9.17, 15) is 4.79 Å². The molecule has 3 aromatic rings. The van der Waals surface area contributed by atoms with Gasteiger partial charge in [-0.15, -0.1) is 0 Å². The van der Waals surface area contributed by atoms with Gasteiger partial charge in [-0.1, -0.05) is 40.2 Å². The van der Waals surface area contributed by atoms with Crippen molar-refractivity contribution in [1.29, 1.82) is 0 Å². The summed E-state index contributed by atoms with van der Waals surface area (Å²) in [6, 6.07) is 12.7. The van der Waals surface area contributed by atoms with Crippen LogP contribution in [0.2, 0.25) is 0 Å². The molecular formula is C15H13BrN4O. The molecular weight excluding hydrogens is 332 g/mol. The van der Waals surface area contributed by atoms with E-state index in [1.807, 2.05) is 30.3 Å². The summed E-state index contributed by atoms with van der Waals surface area (Å²) in [4.78, 5) is 14.3. The Morgan fingerprint density at radius 1 is 1.19 bits per heavy atom. The summed E-state index contributed by atoms with van der Waals surface area (Å²) < 4.78 is 2.53. The van der Waals surface area contributed by atoms with Crippen molar-refractivity contribution in [2.24, 2.45) is 7.05 Å². The Bertz CT molecular complexity index is 866. The molecule has 0 saturated heterocycles. The Hall–Kier alpha value is -2.34. The first-order chi connectivity index (χ1) is 10.1. The van der Waals surface area contributed by atoms with Crippen molar-refractivity contribution in [3.8, 4) is 22.5 Å². The third kappa shape index (κ3) is 2.38. The number of aryl methyl sites for hydroxylation is 1. The fourth-order valence-corrected chi connectivity index (χ4v) is 2.72. The Morgan fingerprint density at radius 3 is 2.67 bits per heavy atom. The molecule has 0 spiro atoms. The number of rotatable bonds is 2. The summed E-state index contributed by atoms with van der Waals surface area (Å²) >= 11 is 3.53. The smallest absolute Gasteiger partial charge is 0.248 e. The van der Waals surface area contributed by atoms with Gasteiger partial charge < -0.3 is 10.7 Å². The number of pyridine rings is 1. The van der Waals surface area contributed by atoms with Crippen molar-refractivity contribution in [2.75, 3.05) is 5.73 Å². The van der Waals surface area contributed by atoms with Crippen LogP contribution in [0.5, 0.6) is 0 Å². The van der Waals surface area contributed by atoms with Gasteiger partial charge in [0.2, 0.25) is 5.56 Å². The minimum Gasteiger partial charge on any atom is -0.383 e. The van der Waals surface area contributed by atoms with Gasteiger partial charge in [-0.25, -0.2) is 0 Å². The Kier molecular flexibility index (Phi) is 3.39. The third-order valence-electron chi connectivity index (χ3n) is 3.26. The van der Waals surface area contributed by atoms with E-state index < -0.39 is 0 Å². The monoisotopic (exact) mass is 344 g/mol. The second kappa shape index (κ2) is 5.21. The van der Waals surface area contributed by atoms with Crippen LogP contribution < -0.4 is 11.3 Å². The molecule has 21 heavy (non-hydrogen) atoms. The average Bonchev–Trinajstić information content (AvgIpc) is 2.76.